The molecule has 130 valence electrons. The van der Waals surface area contributed by atoms with E-state index in [1.807, 2.05) is 30.3 Å². The summed E-state index contributed by atoms with van der Waals surface area (Å²) < 4.78 is 18.9. The van der Waals surface area contributed by atoms with Gasteiger partial charge in [0.25, 0.3) is 5.91 Å². The molecule has 1 amide bonds. The van der Waals surface area contributed by atoms with E-state index in [1.54, 1.807) is 25.2 Å². The summed E-state index contributed by atoms with van der Waals surface area (Å²) >= 11 is 0. The SMILES string of the molecule is CN(Cc1ccccc1F)C(=O)COC(=O)C1(c2ccccc2)CC1. The van der Waals surface area contributed by atoms with Gasteiger partial charge in [-0.05, 0) is 24.5 Å². The highest BCUT2D eigenvalue weighted by Gasteiger charge is 2.52. The van der Waals surface area contributed by atoms with E-state index in [4.69, 9.17) is 4.74 Å². The van der Waals surface area contributed by atoms with Crippen LogP contribution >= 0.6 is 0 Å². The maximum absolute atomic E-state index is 13.7. The van der Waals surface area contributed by atoms with Crippen LogP contribution < -0.4 is 0 Å². The number of ether oxygens (including phenoxy) is 1. The highest BCUT2D eigenvalue weighted by molar-refractivity contribution is 5.88. The molecule has 2 aromatic rings. The maximum atomic E-state index is 13.7. The molecular formula is C20H20FNO3. The second-order valence-electron chi connectivity index (χ2n) is 6.37. The van der Waals surface area contributed by atoms with Gasteiger partial charge in [-0.25, -0.2) is 4.39 Å². The van der Waals surface area contributed by atoms with Crippen LogP contribution in [0.2, 0.25) is 0 Å². The average Bonchev–Trinajstić information content (AvgIpc) is 3.44. The summed E-state index contributed by atoms with van der Waals surface area (Å²) in [6, 6.07) is 15.8. The number of hydrogen-bond acceptors (Lipinski definition) is 3. The Bertz CT molecular complexity index is 772. The number of likely N-dealkylation sites (N-methyl/N-ethyl adjacent to an activating group) is 1. The Morgan fingerprint density at radius 1 is 1.08 bits per heavy atom. The zero-order chi connectivity index (χ0) is 17.9. The molecule has 4 nitrogen and oxygen atoms in total. The van der Waals surface area contributed by atoms with E-state index in [0.29, 0.717) is 5.56 Å². The van der Waals surface area contributed by atoms with E-state index in [2.05, 4.69) is 0 Å². The van der Waals surface area contributed by atoms with Crippen molar-refractivity contribution in [3.05, 3.63) is 71.5 Å². The van der Waals surface area contributed by atoms with E-state index in [0.717, 1.165) is 18.4 Å². The van der Waals surface area contributed by atoms with Gasteiger partial charge in [0, 0.05) is 19.2 Å². The van der Waals surface area contributed by atoms with Crippen LogP contribution in [0.5, 0.6) is 0 Å². The third kappa shape index (κ3) is 3.71. The molecule has 0 heterocycles. The number of carbonyl (C=O) groups excluding carboxylic acids is 2. The molecule has 1 saturated carbocycles. The number of amides is 1. The fourth-order valence-corrected chi connectivity index (χ4v) is 2.84. The van der Waals surface area contributed by atoms with Crippen molar-refractivity contribution in [2.75, 3.05) is 13.7 Å². The van der Waals surface area contributed by atoms with Crippen molar-refractivity contribution in [2.24, 2.45) is 0 Å². The first-order valence-electron chi connectivity index (χ1n) is 8.23. The van der Waals surface area contributed by atoms with E-state index in [9.17, 15) is 14.0 Å². The Balaban J connectivity index is 1.55. The van der Waals surface area contributed by atoms with E-state index < -0.39 is 5.41 Å². The zero-order valence-electron chi connectivity index (χ0n) is 14.1. The standard InChI is InChI=1S/C20H20FNO3/c1-22(13-15-7-5-6-10-17(15)21)18(23)14-25-19(24)20(11-12-20)16-8-3-2-4-9-16/h2-10H,11-14H2,1H3. The number of benzene rings is 2. The predicted molar refractivity (Wildman–Crippen MR) is 91.2 cm³/mol. The molecule has 3 rings (SSSR count). The Morgan fingerprint density at radius 3 is 2.36 bits per heavy atom. The summed E-state index contributed by atoms with van der Waals surface area (Å²) in [6.45, 7) is -0.203. The third-order valence-corrected chi connectivity index (χ3v) is 4.58. The lowest BCUT2D eigenvalue weighted by molar-refractivity contribution is -0.154. The topological polar surface area (TPSA) is 46.6 Å². The molecule has 5 heteroatoms. The highest BCUT2D eigenvalue weighted by atomic mass is 19.1. The summed E-state index contributed by atoms with van der Waals surface area (Å²) in [7, 11) is 1.56. The minimum absolute atomic E-state index is 0.132. The van der Waals surface area contributed by atoms with Crippen LogP contribution in [0.25, 0.3) is 0 Å². The third-order valence-electron chi connectivity index (χ3n) is 4.58. The lowest BCUT2D eigenvalue weighted by Crippen LogP contribution is -2.33. The lowest BCUT2D eigenvalue weighted by Gasteiger charge is -2.19. The van der Waals surface area contributed by atoms with Crippen LogP contribution in [0.4, 0.5) is 4.39 Å². The largest absolute Gasteiger partial charge is 0.455 e. The van der Waals surface area contributed by atoms with Crippen molar-refractivity contribution in [1.29, 1.82) is 0 Å². The number of esters is 1. The first-order valence-corrected chi connectivity index (χ1v) is 8.23. The molecule has 1 aliphatic rings. The molecule has 1 aliphatic carbocycles. The zero-order valence-corrected chi connectivity index (χ0v) is 14.1. The normalized spacial score (nSPS) is 14.6. The van der Waals surface area contributed by atoms with E-state index in [1.165, 1.54) is 11.0 Å². The Kier molecular flexibility index (Phi) is 4.83. The van der Waals surface area contributed by atoms with Gasteiger partial charge in [-0.1, -0.05) is 48.5 Å². The van der Waals surface area contributed by atoms with Crippen LogP contribution in [0, 0.1) is 5.82 Å². The molecule has 0 atom stereocenters. The Morgan fingerprint density at radius 2 is 1.72 bits per heavy atom. The van der Waals surface area contributed by atoms with Gasteiger partial charge in [0.1, 0.15) is 5.82 Å². The van der Waals surface area contributed by atoms with Gasteiger partial charge in [0.05, 0.1) is 5.41 Å². The van der Waals surface area contributed by atoms with Crippen molar-refractivity contribution in [3.63, 3.8) is 0 Å². The number of hydrogen-bond donors (Lipinski definition) is 0. The monoisotopic (exact) mass is 341 g/mol. The minimum atomic E-state index is -0.606. The van der Waals surface area contributed by atoms with Crippen LogP contribution in [-0.4, -0.2) is 30.4 Å². The van der Waals surface area contributed by atoms with Crippen molar-refractivity contribution < 1.29 is 18.7 Å². The predicted octanol–water partition coefficient (Wildman–Crippen LogP) is 3.06. The van der Waals surface area contributed by atoms with Crippen molar-refractivity contribution in [1.82, 2.24) is 4.90 Å². The van der Waals surface area contributed by atoms with E-state index in [-0.39, 0.29) is 30.8 Å². The van der Waals surface area contributed by atoms with Crippen LogP contribution in [0.1, 0.15) is 24.0 Å². The molecule has 0 saturated heterocycles. The van der Waals surface area contributed by atoms with Gasteiger partial charge in [0.15, 0.2) is 6.61 Å². The van der Waals surface area contributed by atoms with Gasteiger partial charge in [-0.2, -0.15) is 0 Å². The molecule has 0 spiro atoms. The molecule has 0 unspecified atom stereocenters. The molecule has 25 heavy (non-hydrogen) atoms. The number of carbonyl (C=O) groups is 2. The highest BCUT2D eigenvalue weighted by Crippen LogP contribution is 2.49. The van der Waals surface area contributed by atoms with Gasteiger partial charge in [0.2, 0.25) is 0 Å². The summed E-state index contributed by atoms with van der Waals surface area (Å²) in [4.78, 5) is 25.9. The van der Waals surface area contributed by atoms with E-state index >= 15 is 0 Å². The minimum Gasteiger partial charge on any atom is -0.455 e. The summed E-state index contributed by atoms with van der Waals surface area (Å²) in [5.74, 6) is -1.09. The molecule has 2 aromatic carbocycles. The quantitative estimate of drug-likeness (QED) is 0.759. The molecule has 0 N–H and O–H groups in total. The van der Waals surface area contributed by atoms with Crippen molar-refractivity contribution in [3.8, 4) is 0 Å². The molecular weight excluding hydrogens is 321 g/mol. The molecule has 0 aromatic heterocycles. The van der Waals surface area contributed by atoms with Gasteiger partial charge < -0.3 is 9.64 Å². The van der Waals surface area contributed by atoms with Gasteiger partial charge in [-0.3, -0.25) is 9.59 Å². The summed E-state index contributed by atoms with van der Waals surface area (Å²) in [5.41, 5.74) is 0.742. The van der Waals surface area contributed by atoms with Gasteiger partial charge >= 0.3 is 5.97 Å². The molecule has 1 fully saturated rings. The first kappa shape index (κ1) is 17.1. The fourth-order valence-electron chi connectivity index (χ4n) is 2.84. The molecule has 0 bridgehead atoms. The van der Waals surface area contributed by atoms with Crippen molar-refractivity contribution in [2.45, 2.75) is 24.8 Å². The molecule has 0 aliphatic heterocycles. The Labute approximate surface area is 146 Å². The summed E-state index contributed by atoms with van der Waals surface area (Å²) in [5, 5.41) is 0. The van der Waals surface area contributed by atoms with Crippen LogP contribution in [0.15, 0.2) is 54.6 Å². The lowest BCUT2D eigenvalue weighted by atomic mass is 9.96. The summed E-state index contributed by atoms with van der Waals surface area (Å²) in [6.07, 6.45) is 1.46. The number of halogens is 1. The van der Waals surface area contributed by atoms with Crippen molar-refractivity contribution >= 4 is 11.9 Å². The second kappa shape index (κ2) is 7.05. The number of nitrogens with zero attached hydrogens (tertiary/aromatic N) is 1. The van der Waals surface area contributed by atoms with Crippen LogP contribution in [-0.2, 0) is 26.3 Å². The van der Waals surface area contributed by atoms with Gasteiger partial charge in [-0.15, -0.1) is 0 Å². The first-order chi connectivity index (χ1) is 12.0. The fraction of sp³-hybridized carbons (Fsp3) is 0.300. The second-order valence-corrected chi connectivity index (χ2v) is 6.37. The smallest absolute Gasteiger partial charge is 0.317 e. The maximum Gasteiger partial charge on any atom is 0.317 e. The average molecular weight is 341 g/mol. The van der Waals surface area contributed by atoms with Crippen LogP contribution in [0.3, 0.4) is 0 Å². The Hall–Kier alpha value is -2.69. The molecule has 0 radical (unpaired) electrons. The number of rotatable bonds is 6.